The third-order valence-corrected chi connectivity index (χ3v) is 9.16. The molecule has 4 rings (SSSR count). The fraction of sp³-hybridized carbons (Fsp3) is 0.235. The Morgan fingerprint density at radius 3 is 2.05 bits per heavy atom. The van der Waals surface area contributed by atoms with Gasteiger partial charge in [0, 0.05) is 23.5 Å². The number of benzene rings is 4. The predicted octanol–water partition coefficient (Wildman–Crippen LogP) is 6.12. The molecule has 0 spiro atoms. The average molecular weight is 663 g/mol. The highest BCUT2D eigenvalue weighted by Gasteiger charge is 2.34. The molecular formula is C34H36BrN3O4S. The van der Waals surface area contributed by atoms with Crippen LogP contribution in [-0.2, 0) is 32.6 Å². The Kier molecular flexibility index (Phi) is 10.8. The summed E-state index contributed by atoms with van der Waals surface area (Å²) in [4.78, 5) is 29.7. The second-order valence-electron chi connectivity index (χ2n) is 10.7. The van der Waals surface area contributed by atoms with Gasteiger partial charge in [0.15, 0.2) is 0 Å². The highest BCUT2D eigenvalue weighted by molar-refractivity contribution is 9.10. The van der Waals surface area contributed by atoms with Crippen LogP contribution in [0.1, 0.15) is 30.5 Å². The summed E-state index contributed by atoms with van der Waals surface area (Å²) in [5, 5.41) is 2.97. The van der Waals surface area contributed by atoms with E-state index in [1.807, 2.05) is 75.4 Å². The first-order valence-corrected chi connectivity index (χ1v) is 16.3. The molecule has 0 bridgehead atoms. The van der Waals surface area contributed by atoms with Crippen molar-refractivity contribution in [1.29, 1.82) is 0 Å². The molecule has 4 aromatic rings. The number of carbonyl (C=O) groups excluding carboxylic acids is 2. The molecule has 0 fully saturated rings. The zero-order valence-corrected chi connectivity index (χ0v) is 26.9. The van der Waals surface area contributed by atoms with E-state index in [2.05, 4.69) is 21.2 Å². The molecule has 1 atom stereocenters. The number of halogens is 1. The van der Waals surface area contributed by atoms with E-state index in [1.54, 1.807) is 42.5 Å². The fourth-order valence-electron chi connectivity index (χ4n) is 4.70. The van der Waals surface area contributed by atoms with Gasteiger partial charge in [0.25, 0.3) is 10.0 Å². The van der Waals surface area contributed by atoms with Crippen molar-refractivity contribution < 1.29 is 18.0 Å². The number of hydrogen-bond acceptors (Lipinski definition) is 4. The molecule has 9 heteroatoms. The van der Waals surface area contributed by atoms with Crippen molar-refractivity contribution >= 4 is 43.5 Å². The third kappa shape index (κ3) is 8.55. The predicted molar refractivity (Wildman–Crippen MR) is 174 cm³/mol. The third-order valence-electron chi connectivity index (χ3n) is 6.88. The SMILES string of the molecule is Cc1ccc(CN(C(=O)CN(c2cccc(Br)c2)S(=O)(=O)c2ccccc2)C(Cc2ccccc2)C(=O)NC(C)C)cc1. The van der Waals surface area contributed by atoms with Crippen molar-refractivity contribution in [3.8, 4) is 0 Å². The van der Waals surface area contributed by atoms with Gasteiger partial charge < -0.3 is 10.2 Å². The first kappa shape index (κ1) is 32.0. The molecule has 2 amide bonds. The van der Waals surface area contributed by atoms with Crippen LogP contribution < -0.4 is 9.62 Å². The smallest absolute Gasteiger partial charge is 0.264 e. The van der Waals surface area contributed by atoms with E-state index in [4.69, 9.17) is 0 Å². The number of sulfonamides is 1. The zero-order valence-electron chi connectivity index (χ0n) is 24.5. The van der Waals surface area contributed by atoms with Crippen LogP contribution in [0.5, 0.6) is 0 Å². The topological polar surface area (TPSA) is 86.8 Å². The van der Waals surface area contributed by atoms with E-state index in [0.717, 1.165) is 21.0 Å². The molecule has 0 radical (unpaired) electrons. The summed E-state index contributed by atoms with van der Waals surface area (Å²) in [6.07, 6.45) is 0.263. The Morgan fingerprint density at radius 2 is 1.44 bits per heavy atom. The van der Waals surface area contributed by atoms with E-state index in [9.17, 15) is 18.0 Å². The first-order chi connectivity index (χ1) is 20.5. The lowest BCUT2D eigenvalue weighted by molar-refractivity contribution is -0.140. The molecule has 0 saturated carbocycles. The number of carbonyl (C=O) groups is 2. The second kappa shape index (κ2) is 14.5. The van der Waals surface area contributed by atoms with Gasteiger partial charge in [-0.05, 0) is 62.2 Å². The Balaban J connectivity index is 1.80. The molecule has 4 aromatic carbocycles. The summed E-state index contributed by atoms with van der Waals surface area (Å²) in [7, 11) is -4.14. The molecule has 1 unspecified atom stereocenters. The Morgan fingerprint density at radius 1 is 0.814 bits per heavy atom. The molecule has 1 N–H and O–H groups in total. The number of hydrogen-bond donors (Lipinski definition) is 1. The van der Waals surface area contributed by atoms with Crippen LogP contribution >= 0.6 is 15.9 Å². The lowest BCUT2D eigenvalue weighted by atomic mass is 10.0. The van der Waals surface area contributed by atoms with E-state index in [-0.39, 0.29) is 29.8 Å². The lowest BCUT2D eigenvalue weighted by Gasteiger charge is -2.34. The summed E-state index contributed by atoms with van der Waals surface area (Å²) in [5.74, 6) is -0.806. The van der Waals surface area contributed by atoms with Crippen molar-refractivity contribution in [2.24, 2.45) is 0 Å². The van der Waals surface area contributed by atoms with Crippen molar-refractivity contribution in [2.45, 2.75) is 50.7 Å². The normalized spacial score (nSPS) is 12.0. The average Bonchev–Trinajstić information content (AvgIpc) is 2.99. The molecule has 0 aromatic heterocycles. The van der Waals surface area contributed by atoms with Gasteiger partial charge in [-0.1, -0.05) is 100 Å². The maximum Gasteiger partial charge on any atom is 0.264 e. The van der Waals surface area contributed by atoms with E-state index < -0.39 is 28.5 Å². The van der Waals surface area contributed by atoms with Crippen LogP contribution in [0.15, 0.2) is 119 Å². The Hall–Kier alpha value is -3.95. The summed E-state index contributed by atoms with van der Waals surface area (Å²) in [6.45, 7) is 5.33. The Bertz CT molecular complexity index is 1630. The molecular weight excluding hydrogens is 626 g/mol. The lowest BCUT2D eigenvalue weighted by Crippen LogP contribution is -2.54. The Labute approximate surface area is 262 Å². The molecule has 224 valence electrons. The maximum absolute atomic E-state index is 14.4. The van der Waals surface area contributed by atoms with E-state index in [1.165, 1.54) is 17.0 Å². The largest absolute Gasteiger partial charge is 0.352 e. The number of nitrogens with zero attached hydrogens (tertiary/aromatic N) is 2. The van der Waals surface area contributed by atoms with Crippen molar-refractivity contribution in [3.05, 3.63) is 130 Å². The highest BCUT2D eigenvalue weighted by atomic mass is 79.9. The van der Waals surface area contributed by atoms with E-state index >= 15 is 0 Å². The van der Waals surface area contributed by atoms with Crippen molar-refractivity contribution in [1.82, 2.24) is 10.2 Å². The minimum Gasteiger partial charge on any atom is -0.352 e. The molecule has 0 aliphatic rings. The molecule has 0 saturated heterocycles. The summed E-state index contributed by atoms with van der Waals surface area (Å²) in [6, 6.07) is 31.0. The van der Waals surface area contributed by atoms with Crippen LogP contribution in [0.4, 0.5) is 5.69 Å². The van der Waals surface area contributed by atoms with Gasteiger partial charge in [0.05, 0.1) is 10.6 Å². The number of rotatable bonds is 12. The van der Waals surface area contributed by atoms with Crippen molar-refractivity contribution in [2.75, 3.05) is 10.8 Å². The first-order valence-electron chi connectivity index (χ1n) is 14.1. The summed E-state index contributed by atoms with van der Waals surface area (Å²) >= 11 is 3.43. The van der Waals surface area contributed by atoms with Gasteiger partial charge in [-0.3, -0.25) is 13.9 Å². The zero-order chi connectivity index (χ0) is 31.0. The monoisotopic (exact) mass is 661 g/mol. The summed E-state index contributed by atoms with van der Waals surface area (Å²) < 4.78 is 29.8. The van der Waals surface area contributed by atoms with Gasteiger partial charge in [0.2, 0.25) is 11.8 Å². The van der Waals surface area contributed by atoms with Crippen LogP contribution in [-0.4, -0.2) is 43.8 Å². The van der Waals surface area contributed by atoms with Gasteiger partial charge in [-0.25, -0.2) is 8.42 Å². The minimum atomic E-state index is -4.14. The van der Waals surface area contributed by atoms with Crippen LogP contribution in [0.3, 0.4) is 0 Å². The standard InChI is InChI=1S/C34H36BrN3O4S/c1-25(2)36-34(40)32(21-27-11-6-4-7-12-27)37(23-28-19-17-26(3)18-20-28)33(39)24-38(30-14-10-13-29(35)22-30)43(41,42)31-15-8-5-9-16-31/h4-20,22,25,32H,21,23-24H2,1-3H3,(H,36,40). The van der Waals surface area contributed by atoms with Gasteiger partial charge in [-0.15, -0.1) is 0 Å². The van der Waals surface area contributed by atoms with Crippen LogP contribution in [0.2, 0.25) is 0 Å². The van der Waals surface area contributed by atoms with Crippen LogP contribution in [0.25, 0.3) is 0 Å². The molecule has 0 aliphatic carbocycles. The number of nitrogens with one attached hydrogen (secondary N) is 1. The molecule has 0 heterocycles. The minimum absolute atomic E-state index is 0.0613. The summed E-state index contributed by atoms with van der Waals surface area (Å²) in [5.41, 5.74) is 3.10. The van der Waals surface area contributed by atoms with Crippen LogP contribution in [0, 0.1) is 6.92 Å². The molecule has 0 aliphatic heterocycles. The fourth-order valence-corrected chi connectivity index (χ4v) is 6.52. The number of anilines is 1. The van der Waals surface area contributed by atoms with Gasteiger partial charge in [-0.2, -0.15) is 0 Å². The highest BCUT2D eigenvalue weighted by Crippen LogP contribution is 2.27. The second-order valence-corrected chi connectivity index (χ2v) is 13.5. The molecule has 7 nitrogen and oxygen atoms in total. The van der Waals surface area contributed by atoms with Gasteiger partial charge >= 0.3 is 0 Å². The number of amides is 2. The van der Waals surface area contributed by atoms with Crippen molar-refractivity contribution in [3.63, 3.8) is 0 Å². The number of aryl methyl sites for hydroxylation is 1. The quantitative estimate of drug-likeness (QED) is 0.198. The molecule has 43 heavy (non-hydrogen) atoms. The maximum atomic E-state index is 14.4. The van der Waals surface area contributed by atoms with E-state index in [0.29, 0.717) is 10.2 Å². The van der Waals surface area contributed by atoms with Gasteiger partial charge in [0.1, 0.15) is 12.6 Å².